The first kappa shape index (κ1) is 20.2. The normalized spacial score (nSPS) is 11.5. The van der Waals surface area contributed by atoms with Gasteiger partial charge in [0.05, 0.1) is 16.6 Å². The average molecular weight is 479 g/mol. The summed E-state index contributed by atoms with van der Waals surface area (Å²) in [7, 11) is 0. The molecule has 1 N–H and O–H groups in total. The highest BCUT2D eigenvalue weighted by molar-refractivity contribution is 9.10. The van der Waals surface area contributed by atoms with Crippen molar-refractivity contribution in [3.8, 4) is 11.8 Å². The number of aromatic amines is 1. The number of aromatic nitrogens is 2. The number of aryl methyl sites for hydroxylation is 1. The molecular formula is C24H17BrClN3O. The fourth-order valence-corrected chi connectivity index (χ4v) is 3.57. The van der Waals surface area contributed by atoms with Crippen LogP contribution in [-0.4, -0.2) is 9.97 Å². The van der Waals surface area contributed by atoms with Gasteiger partial charge in [0.1, 0.15) is 24.3 Å². The Morgan fingerprint density at radius 3 is 2.73 bits per heavy atom. The number of rotatable bonds is 5. The molecule has 6 heteroatoms. The number of halogens is 2. The Bertz CT molecular complexity index is 1290. The van der Waals surface area contributed by atoms with Crippen LogP contribution in [0.4, 0.5) is 0 Å². The fourth-order valence-electron chi connectivity index (χ4n) is 3.07. The molecular weight excluding hydrogens is 462 g/mol. The molecule has 30 heavy (non-hydrogen) atoms. The Morgan fingerprint density at radius 2 is 1.97 bits per heavy atom. The molecule has 0 amide bonds. The van der Waals surface area contributed by atoms with Gasteiger partial charge in [-0.2, -0.15) is 5.26 Å². The zero-order valence-electron chi connectivity index (χ0n) is 16.1. The first-order chi connectivity index (χ1) is 14.5. The third-order valence-electron chi connectivity index (χ3n) is 4.59. The van der Waals surface area contributed by atoms with Crippen molar-refractivity contribution in [1.82, 2.24) is 9.97 Å². The average Bonchev–Trinajstić information content (AvgIpc) is 3.15. The Hall–Kier alpha value is -3.07. The summed E-state index contributed by atoms with van der Waals surface area (Å²) in [6.07, 6.45) is 1.78. The minimum atomic E-state index is 0.394. The van der Waals surface area contributed by atoms with Gasteiger partial charge < -0.3 is 9.72 Å². The van der Waals surface area contributed by atoms with Gasteiger partial charge in [0.2, 0.25) is 0 Å². The Balaban J connectivity index is 1.67. The molecule has 0 fully saturated rings. The molecule has 0 atom stereocenters. The number of hydrogen-bond acceptors (Lipinski definition) is 3. The number of fused-ring (bicyclic) bond motifs is 1. The van der Waals surface area contributed by atoms with Crippen LogP contribution in [-0.2, 0) is 6.61 Å². The Labute approximate surface area is 187 Å². The molecule has 4 nitrogen and oxygen atoms in total. The molecule has 0 spiro atoms. The monoisotopic (exact) mass is 477 g/mol. The van der Waals surface area contributed by atoms with E-state index in [-0.39, 0.29) is 0 Å². The number of benzene rings is 3. The number of H-pyrrole nitrogens is 1. The van der Waals surface area contributed by atoms with Crippen molar-refractivity contribution < 1.29 is 4.74 Å². The van der Waals surface area contributed by atoms with Crippen LogP contribution in [0.15, 0.2) is 65.1 Å². The van der Waals surface area contributed by atoms with Gasteiger partial charge >= 0.3 is 0 Å². The highest BCUT2D eigenvalue weighted by Gasteiger charge is 2.11. The van der Waals surface area contributed by atoms with Gasteiger partial charge in [-0.25, -0.2) is 4.98 Å². The maximum Gasteiger partial charge on any atom is 0.149 e. The molecule has 1 heterocycles. The lowest BCUT2D eigenvalue weighted by atomic mass is 10.1. The van der Waals surface area contributed by atoms with Crippen molar-refractivity contribution in [2.75, 3.05) is 0 Å². The van der Waals surface area contributed by atoms with Gasteiger partial charge in [-0.3, -0.25) is 0 Å². The summed E-state index contributed by atoms with van der Waals surface area (Å²) in [5.74, 6) is 1.20. The van der Waals surface area contributed by atoms with E-state index in [1.165, 1.54) is 0 Å². The van der Waals surface area contributed by atoms with E-state index >= 15 is 0 Å². The highest BCUT2D eigenvalue weighted by Crippen LogP contribution is 2.29. The van der Waals surface area contributed by atoms with Gasteiger partial charge in [0, 0.05) is 15.1 Å². The van der Waals surface area contributed by atoms with Gasteiger partial charge in [-0.05, 0) is 66.6 Å². The molecule has 3 aromatic carbocycles. The SMILES string of the molecule is Cc1ccc2nc(/C(C#N)=C\c3cc(Br)ccc3OCc3ccc(Cl)cc3)[nH]c2c1. The standard InChI is InChI=1S/C24H17BrClN3O/c1-15-2-8-21-22(10-15)29-24(28-21)18(13-27)11-17-12-19(25)5-9-23(17)30-14-16-3-6-20(26)7-4-16/h2-12H,14H2,1H3,(H,28,29)/b18-11-. The molecule has 0 saturated carbocycles. The van der Waals surface area contributed by atoms with Crippen LogP contribution in [0, 0.1) is 18.3 Å². The molecule has 4 aromatic rings. The minimum Gasteiger partial charge on any atom is -0.488 e. The maximum atomic E-state index is 9.77. The van der Waals surface area contributed by atoms with Crippen LogP contribution in [0.2, 0.25) is 5.02 Å². The van der Waals surface area contributed by atoms with Crippen LogP contribution < -0.4 is 4.74 Å². The molecule has 0 saturated heterocycles. The van der Waals surface area contributed by atoms with Gasteiger partial charge in [0.15, 0.2) is 0 Å². The van der Waals surface area contributed by atoms with Crippen molar-refractivity contribution in [2.45, 2.75) is 13.5 Å². The Kier molecular flexibility index (Phi) is 5.89. The van der Waals surface area contributed by atoms with E-state index in [0.717, 1.165) is 32.2 Å². The fraction of sp³-hybridized carbons (Fsp3) is 0.0833. The molecule has 0 aliphatic heterocycles. The molecule has 0 radical (unpaired) electrons. The third kappa shape index (κ3) is 4.56. The molecule has 148 valence electrons. The van der Waals surface area contributed by atoms with E-state index in [2.05, 4.69) is 32.0 Å². The molecule has 0 aliphatic rings. The lowest BCUT2D eigenvalue weighted by Crippen LogP contribution is -1.97. The first-order valence-corrected chi connectivity index (χ1v) is 10.4. The molecule has 0 bridgehead atoms. The van der Waals surface area contributed by atoms with Crippen molar-refractivity contribution in [1.29, 1.82) is 5.26 Å². The number of hydrogen-bond donors (Lipinski definition) is 1. The number of nitriles is 1. The predicted octanol–water partition coefficient (Wildman–Crippen LogP) is 6.93. The number of nitrogens with one attached hydrogen (secondary N) is 1. The topological polar surface area (TPSA) is 61.7 Å². The summed E-state index contributed by atoms with van der Waals surface area (Å²) < 4.78 is 6.92. The van der Waals surface area contributed by atoms with Gasteiger partial charge in [0.25, 0.3) is 0 Å². The summed E-state index contributed by atoms with van der Waals surface area (Å²) >= 11 is 9.45. The molecule has 4 rings (SSSR count). The lowest BCUT2D eigenvalue weighted by molar-refractivity contribution is 0.305. The van der Waals surface area contributed by atoms with Crippen molar-refractivity contribution in [2.24, 2.45) is 0 Å². The maximum absolute atomic E-state index is 9.77. The van der Waals surface area contributed by atoms with E-state index < -0.39 is 0 Å². The van der Waals surface area contributed by atoms with Gasteiger partial charge in [-0.15, -0.1) is 0 Å². The minimum absolute atomic E-state index is 0.394. The third-order valence-corrected chi connectivity index (χ3v) is 5.34. The number of nitrogens with zero attached hydrogens (tertiary/aromatic N) is 2. The quantitative estimate of drug-likeness (QED) is 0.316. The van der Waals surface area contributed by atoms with Gasteiger partial charge in [-0.1, -0.05) is 45.7 Å². The second-order valence-electron chi connectivity index (χ2n) is 6.87. The second kappa shape index (κ2) is 8.74. The Morgan fingerprint density at radius 1 is 1.17 bits per heavy atom. The zero-order chi connectivity index (χ0) is 21.1. The number of allylic oxidation sites excluding steroid dienone is 1. The predicted molar refractivity (Wildman–Crippen MR) is 124 cm³/mol. The van der Waals surface area contributed by atoms with E-state index in [4.69, 9.17) is 16.3 Å². The summed E-state index contributed by atoms with van der Waals surface area (Å²) in [6, 6.07) is 21.4. The highest BCUT2D eigenvalue weighted by atomic mass is 79.9. The van der Waals surface area contributed by atoms with Crippen molar-refractivity contribution >= 4 is 50.2 Å². The van der Waals surface area contributed by atoms with Crippen LogP contribution in [0.3, 0.4) is 0 Å². The summed E-state index contributed by atoms with van der Waals surface area (Å²) in [4.78, 5) is 7.80. The van der Waals surface area contributed by atoms with E-state index in [1.54, 1.807) is 6.08 Å². The summed E-state index contributed by atoms with van der Waals surface area (Å²) in [6.45, 7) is 2.41. The van der Waals surface area contributed by atoms with Crippen LogP contribution in [0.25, 0.3) is 22.7 Å². The second-order valence-corrected chi connectivity index (χ2v) is 8.23. The van der Waals surface area contributed by atoms with E-state index in [9.17, 15) is 5.26 Å². The smallest absolute Gasteiger partial charge is 0.149 e. The van der Waals surface area contributed by atoms with Crippen LogP contribution in [0.5, 0.6) is 5.75 Å². The van der Waals surface area contributed by atoms with Crippen LogP contribution >= 0.6 is 27.5 Å². The zero-order valence-corrected chi connectivity index (χ0v) is 18.5. The molecule has 0 unspecified atom stereocenters. The first-order valence-electron chi connectivity index (χ1n) is 9.27. The number of ether oxygens (including phenoxy) is 1. The van der Waals surface area contributed by atoms with Crippen molar-refractivity contribution in [3.05, 3.63) is 92.7 Å². The molecule has 0 aliphatic carbocycles. The van der Waals surface area contributed by atoms with Crippen molar-refractivity contribution in [3.63, 3.8) is 0 Å². The molecule has 1 aromatic heterocycles. The lowest BCUT2D eigenvalue weighted by Gasteiger charge is -2.10. The summed E-state index contributed by atoms with van der Waals surface area (Å²) in [5.41, 5.74) is 5.07. The number of imidazole rings is 1. The van der Waals surface area contributed by atoms with E-state index in [0.29, 0.717) is 28.8 Å². The van der Waals surface area contributed by atoms with E-state index in [1.807, 2.05) is 67.6 Å². The largest absolute Gasteiger partial charge is 0.488 e. The van der Waals surface area contributed by atoms with Crippen LogP contribution in [0.1, 0.15) is 22.5 Å². The summed E-state index contributed by atoms with van der Waals surface area (Å²) in [5, 5.41) is 10.5.